The monoisotopic (exact) mass is 474 g/mol. The van der Waals surface area contributed by atoms with E-state index < -0.39 is 0 Å². The van der Waals surface area contributed by atoms with Crippen molar-refractivity contribution in [2.24, 2.45) is 0 Å². The molecule has 0 bridgehead atoms. The van der Waals surface area contributed by atoms with Crippen LogP contribution in [0.1, 0.15) is 47.4 Å². The van der Waals surface area contributed by atoms with Gasteiger partial charge in [0.1, 0.15) is 33.9 Å². The molecule has 3 aromatic heterocycles. The van der Waals surface area contributed by atoms with Gasteiger partial charge in [0.25, 0.3) is 0 Å². The summed E-state index contributed by atoms with van der Waals surface area (Å²) in [6.45, 7) is 6.32. The van der Waals surface area contributed by atoms with Crippen LogP contribution in [0, 0.1) is 24.1 Å². The predicted molar refractivity (Wildman–Crippen MR) is 134 cm³/mol. The molecule has 6 nitrogen and oxygen atoms in total. The van der Waals surface area contributed by atoms with Gasteiger partial charge in [-0.05, 0) is 80.6 Å². The highest BCUT2D eigenvalue weighted by Gasteiger charge is 2.24. The first-order valence-electron chi connectivity index (χ1n) is 11.6. The van der Waals surface area contributed by atoms with Crippen molar-refractivity contribution < 1.29 is 4.39 Å². The average Bonchev–Trinajstić information content (AvgIpc) is 3.46. The third-order valence-electron chi connectivity index (χ3n) is 6.55. The summed E-state index contributed by atoms with van der Waals surface area (Å²) < 4.78 is 15.6. The van der Waals surface area contributed by atoms with Gasteiger partial charge in [-0.1, -0.05) is 24.3 Å². The summed E-state index contributed by atoms with van der Waals surface area (Å²) >= 11 is 1.34. The number of piperidine rings is 1. The fourth-order valence-corrected chi connectivity index (χ4v) is 5.61. The molecule has 0 aliphatic carbocycles. The molecule has 1 aliphatic rings. The molecule has 1 aliphatic heterocycles. The van der Waals surface area contributed by atoms with Crippen molar-refractivity contribution in [3.63, 3.8) is 0 Å². The van der Waals surface area contributed by atoms with E-state index in [-0.39, 0.29) is 5.82 Å². The maximum absolute atomic E-state index is 13.4. The van der Waals surface area contributed by atoms with Crippen LogP contribution in [0.5, 0.6) is 0 Å². The number of rotatable bonds is 5. The minimum atomic E-state index is -0.312. The molecule has 34 heavy (non-hydrogen) atoms. The number of pyridine rings is 1. The minimum absolute atomic E-state index is 0.312. The van der Waals surface area contributed by atoms with Crippen LogP contribution >= 0.6 is 11.3 Å². The van der Waals surface area contributed by atoms with E-state index in [1.54, 1.807) is 12.1 Å². The lowest BCUT2D eigenvalue weighted by molar-refractivity contribution is 0.459. The van der Waals surface area contributed by atoms with E-state index in [9.17, 15) is 9.65 Å². The number of aromatic nitrogens is 3. The van der Waals surface area contributed by atoms with E-state index in [0.29, 0.717) is 21.6 Å². The summed E-state index contributed by atoms with van der Waals surface area (Å²) in [4.78, 5) is 12.3. The third-order valence-corrected chi connectivity index (χ3v) is 7.59. The predicted octanol–water partition coefficient (Wildman–Crippen LogP) is 5.57. The second kappa shape index (κ2) is 9.16. The first kappa shape index (κ1) is 22.5. The van der Waals surface area contributed by atoms with Gasteiger partial charge in [0.2, 0.25) is 0 Å². The summed E-state index contributed by atoms with van der Waals surface area (Å²) in [5.41, 5.74) is 5.75. The highest BCUT2D eigenvalue weighted by atomic mass is 32.1. The highest BCUT2D eigenvalue weighted by molar-refractivity contribution is 7.16. The number of benzene rings is 1. The maximum Gasteiger partial charge on any atom is 0.192 e. The second-order valence-corrected chi connectivity index (χ2v) is 9.74. The molecule has 0 spiro atoms. The Bertz CT molecular complexity index is 1380. The molecule has 5 rings (SSSR count). The quantitative estimate of drug-likeness (QED) is 0.409. The number of hydrogen-bond donors (Lipinski definition) is 1. The van der Waals surface area contributed by atoms with Crippen LogP contribution in [0.2, 0.25) is 0 Å². The van der Waals surface area contributed by atoms with E-state index >= 15 is 0 Å². The normalized spacial score (nSPS) is 14.4. The van der Waals surface area contributed by atoms with Gasteiger partial charge in [-0.25, -0.2) is 14.4 Å². The molecule has 1 aromatic carbocycles. The van der Waals surface area contributed by atoms with Crippen LogP contribution in [0.4, 0.5) is 15.3 Å². The Morgan fingerprint density at radius 1 is 1.24 bits per heavy atom. The molecule has 0 unspecified atom stereocenters. The average molecular weight is 475 g/mol. The largest absolute Gasteiger partial charge is 0.317 e. The third kappa shape index (κ3) is 3.95. The Hall–Kier alpha value is -3.28. The van der Waals surface area contributed by atoms with E-state index in [4.69, 9.17) is 9.97 Å². The Morgan fingerprint density at radius 3 is 2.65 bits per heavy atom. The molecule has 0 radical (unpaired) electrons. The van der Waals surface area contributed by atoms with Crippen molar-refractivity contribution in [1.29, 1.82) is 5.26 Å². The van der Waals surface area contributed by atoms with Gasteiger partial charge in [0.15, 0.2) is 5.13 Å². The van der Waals surface area contributed by atoms with Crippen LogP contribution in [0.3, 0.4) is 0 Å². The highest BCUT2D eigenvalue weighted by Crippen LogP contribution is 2.38. The first-order valence-corrected chi connectivity index (χ1v) is 12.4. The number of imidazole rings is 1. The van der Waals surface area contributed by atoms with Gasteiger partial charge >= 0.3 is 0 Å². The number of nitrogens with one attached hydrogen (secondary N) is 1. The Balaban J connectivity index is 1.61. The molecular formula is C26H27FN6S. The number of anilines is 2. The Labute approximate surface area is 202 Å². The van der Waals surface area contributed by atoms with Gasteiger partial charge in [0.05, 0.1) is 5.69 Å². The van der Waals surface area contributed by atoms with Gasteiger partial charge in [-0.2, -0.15) is 5.26 Å². The van der Waals surface area contributed by atoms with Crippen LogP contribution in [-0.4, -0.2) is 34.5 Å². The standard InChI is InChI=1S/C26H27FN6S/c1-4-21-25(33-15-19(13-16(2)24(33)30-21)17-9-11-29-12-10-17)32(3)26-31-23(22(14-28)34-26)18-5-7-20(27)8-6-18/h5-8,13,15,17,29H,4,9-12H2,1-3H3. The smallest absolute Gasteiger partial charge is 0.192 e. The number of fused-ring (bicyclic) bond motifs is 1. The van der Waals surface area contributed by atoms with Gasteiger partial charge in [0, 0.05) is 18.8 Å². The maximum atomic E-state index is 13.4. The molecule has 0 atom stereocenters. The lowest BCUT2D eigenvalue weighted by Crippen LogP contribution is -2.26. The summed E-state index contributed by atoms with van der Waals surface area (Å²) in [7, 11) is 1.98. The van der Waals surface area contributed by atoms with Gasteiger partial charge in [-0.3, -0.25) is 4.40 Å². The van der Waals surface area contributed by atoms with Crippen LogP contribution < -0.4 is 10.2 Å². The lowest BCUT2D eigenvalue weighted by atomic mass is 9.91. The molecule has 1 saturated heterocycles. The Morgan fingerprint density at radius 2 is 1.97 bits per heavy atom. The van der Waals surface area contributed by atoms with Gasteiger partial charge in [-0.15, -0.1) is 0 Å². The second-order valence-electron chi connectivity index (χ2n) is 8.76. The number of aryl methyl sites for hydroxylation is 2. The van der Waals surface area contributed by atoms with Crippen molar-refractivity contribution >= 4 is 27.9 Å². The lowest BCUT2D eigenvalue weighted by Gasteiger charge is -2.24. The number of halogens is 1. The summed E-state index contributed by atoms with van der Waals surface area (Å²) in [6, 6.07) is 10.7. The summed E-state index contributed by atoms with van der Waals surface area (Å²) in [5.74, 6) is 1.19. The topological polar surface area (TPSA) is 69.2 Å². The zero-order valence-electron chi connectivity index (χ0n) is 19.6. The number of nitrogens with zero attached hydrogens (tertiary/aromatic N) is 5. The number of nitriles is 1. The van der Waals surface area contributed by atoms with Crippen molar-refractivity contribution in [1.82, 2.24) is 19.7 Å². The van der Waals surface area contributed by atoms with Crippen molar-refractivity contribution in [3.8, 4) is 17.3 Å². The molecule has 4 heterocycles. The molecule has 8 heteroatoms. The minimum Gasteiger partial charge on any atom is -0.317 e. The number of hydrogen-bond acceptors (Lipinski definition) is 6. The van der Waals surface area contributed by atoms with Crippen LogP contribution in [0.15, 0.2) is 36.5 Å². The number of thiazole rings is 1. The van der Waals surface area contributed by atoms with Crippen molar-refractivity contribution in [3.05, 3.63) is 64.0 Å². The van der Waals surface area contributed by atoms with Crippen LogP contribution in [0.25, 0.3) is 16.9 Å². The molecule has 0 saturated carbocycles. The molecule has 1 N–H and O–H groups in total. The molecule has 4 aromatic rings. The fourth-order valence-electron chi connectivity index (χ4n) is 4.77. The molecule has 174 valence electrons. The van der Waals surface area contributed by atoms with Crippen molar-refractivity contribution in [2.75, 3.05) is 25.0 Å². The molecular weight excluding hydrogens is 447 g/mol. The zero-order chi connectivity index (χ0) is 23.8. The summed E-state index contributed by atoms with van der Waals surface area (Å²) in [6.07, 6.45) is 5.27. The zero-order valence-corrected chi connectivity index (χ0v) is 20.4. The SMILES string of the molecule is CCc1nc2c(C)cc(C3CCNCC3)cn2c1N(C)c1nc(-c2ccc(F)cc2)c(C#N)s1. The van der Waals surface area contributed by atoms with E-state index in [1.165, 1.54) is 29.0 Å². The molecule has 1 fully saturated rings. The van der Waals surface area contributed by atoms with E-state index in [2.05, 4.69) is 41.9 Å². The Kier molecular flexibility index (Phi) is 6.07. The first-order chi connectivity index (χ1) is 16.5. The molecule has 0 amide bonds. The fraction of sp³-hybridized carbons (Fsp3) is 0.346. The van der Waals surface area contributed by atoms with Gasteiger partial charge < -0.3 is 10.2 Å². The van der Waals surface area contributed by atoms with E-state index in [0.717, 1.165) is 60.6 Å². The summed E-state index contributed by atoms with van der Waals surface area (Å²) in [5, 5.41) is 13.9. The van der Waals surface area contributed by atoms with E-state index in [1.807, 2.05) is 11.9 Å². The van der Waals surface area contributed by atoms with Crippen molar-refractivity contribution in [2.45, 2.75) is 39.0 Å². The van der Waals surface area contributed by atoms with Crippen LogP contribution in [-0.2, 0) is 6.42 Å².